The Balaban J connectivity index is 0.886. The maximum absolute atomic E-state index is 13.3. The molecule has 2 amide bonds. The number of aliphatic hydroxyl groups is 1. The lowest BCUT2D eigenvalue weighted by Crippen LogP contribution is -2.61. The van der Waals surface area contributed by atoms with Crippen LogP contribution in [-0.2, 0) is 22.6 Å². The van der Waals surface area contributed by atoms with Crippen molar-refractivity contribution in [3.63, 3.8) is 0 Å². The lowest BCUT2D eigenvalue weighted by molar-refractivity contribution is -0.245. The molecule has 4 aliphatic carbocycles. The molecule has 5 aliphatic rings. The Kier molecular flexibility index (Phi) is 9.56. The molecule has 9 heteroatoms. The number of hydrogen-bond acceptors (Lipinski definition) is 7. The van der Waals surface area contributed by atoms with Crippen molar-refractivity contribution in [1.29, 1.82) is 0 Å². The molecule has 4 aromatic carbocycles. The Morgan fingerprint density at radius 3 is 2.25 bits per heavy atom. The number of rotatable bonds is 10. The van der Waals surface area contributed by atoms with Crippen molar-refractivity contribution in [2.75, 3.05) is 5.75 Å². The zero-order valence-electron chi connectivity index (χ0n) is 29.2. The van der Waals surface area contributed by atoms with E-state index in [-0.39, 0.29) is 30.4 Å². The fourth-order valence-corrected chi connectivity index (χ4v) is 11.7. The molecule has 268 valence electrons. The zero-order chi connectivity index (χ0) is 35.1. The van der Waals surface area contributed by atoms with E-state index in [0.29, 0.717) is 6.54 Å². The van der Waals surface area contributed by atoms with Gasteiger partial charge in [0.2, 0.25) is 0 Å². The van der Waals surface area contributed by atoms with Crippen LogP contribution in [0.4, 0.5) is 4.79 Å². The molecule has 4 saturated carbocycles. The average Bonchev–Trinajstić information content (AvgIpc) is 3.59. The molecule has 5 aromatic rings. The second kappa shape index (κ2) is 14.6. The van der Waals surface area contributed by atoms with Gasteiger partial charge in [-0.05, 0) is 96.2 Å². The van der Waals surface area contributed by atoms with E-state index in [1.807, 2.05) is 36.4 Å². The standard InChI is InChI=1S/C43H45N3O4S2/c47-25-27-9-11-32(12-10-27)38-20-35(26-51-42-45-37-7-3-4-8-39(37)52-42)49-40(50-38)33-15-13-31(14-16-33)36-6-2-1-5-34(36)24-44-41(48)46-43-21-28-17-29(22-43)19-30(18-28)23-43/h1-16,28-30,35,38,40,47H,17-26H2,(H2,44,46,48)/t28?,29?,30?,35-,38+,40+,43?/m1/s1. The van der Waals surface area contributed by atoms with Crippen LogP contribution in [0.3, 0.4) is 0 Å². The highest BCUT2D eigenvalue weighted by Crippen LogP contribution is 2.55. The van der Waals surface area contributed by atoms with E-state index in [2.05, 4.69) is 71.3 Å². The summed E-state index contributed by atoms with van der Waals surface area (Å²) in [5.74, 6) is 3.13. The summed E-state index contributed by atoms with van der Waals surface area (Å²) in [6.45, 7) is 0.481. The van der Waals surface area contributed by atoms with Crippen LogP contribution in [0.1, 0.15) is 79.6 Å². The minimum Gasteiger partial charge on any atom is -0.392 e. The lowest BCUT2D eigenvalue weighted by Gasteiger charge is -2.56. The van der Waals surface area contributed by atoms with Gasteiger partial charge in [-0.15, -0.1) is 11.3 Å². The van der Waals surface area contributed by atoms with E-state index in [9.17, 15) is 9.90 Å². The Morgan fingerprint density at radius 1 is 0.827 bits per heavy atom. The van der Waals surface area contributed by atoms with Crippen molar-refractivity contribution in [3.8, 4) is 11.1 Å². The maximum Gasteiger partial charge on any atom is 0.315 e. The molecule has 52 heavy (non-hydrogen) atoms. The number of hydrogen-bond donors (Lipinski definition) is 3. The molecule has 7 nitrogen and oxygen atoms in total. The zero-order valence-corrected chi connectivity index (χ0v) is 30.8. The van der Waals surface area contributed by atoms with E-state index in [0.717, 1.165) is 92.4 Å². The minimum absolute atomic E-state index is 0.00742. The normalized spacial score (nSPS) is 27.9. The van der Waals surface area contributed by atoms with E-state index in [1.165, 1.54) is 24.0 Å². The number of aromatic nitrogens is 1. The molecular weight excluding hydrogens is 687 g/mol. The summed E-state index contributed by atoms with van der Waals surface area (Å²) in [6.07, 6.45) is 7.50. The number of ether oxygens (including phenoxy) is 2. The Morgan fingerprint density at radius 2 is 1.52 bits per heavy atom. The Hall–Kier alpha value is -3.73. The van der Waals surface area contributed by atoms with Gasteiger partial charge in [-0.3, -0.25) is 0 Å². The van der Waals surface area contributed by atoms with Gasteiger partial charge in [-0.1, -0.05) is 96.7 Å². The number of aliphatic hydroxyl groups excluding tert-OH is 1. The number of thiazole rings is 1. The summed E-state index contributed by atoms with van der Waals surface area (Å²) in [4.78, 5) is 18.1. The molecule has 0 unspecified atom stereocenters. The van der Waals surface area contributed by atoms with Gasteiger partial charge in [-0.25, -0.2) is 9.78 Å². The third-order valence-electron chi connectivity index (χ3n) is 11.6. The summed E-state index contributed by atoms with van der Waals surface area (Å²) in [7, 11) is 0. The second-order valence-electron chi connectivity index (χ2n) is 15.4. The first-order valence-electron chi connectivity index (χ1n) is 18.7. The topological polar surface area (TPSA) is 92.7 Å². The fraction of sp³-hybridized carbons (Fsp3) is 0.395. The number of para-hydroxylation sites is 1. The molecule has 2 heterocycles. The molecule has 4 bridgehead atoms. The van der Waals surface area contributed by atoms with Gasteiger partial charge in [0.1, 0.15) is 0 Å². The first-order valence-corrected chi connectivity index (χ1v) is 20.5. The van der Waals surface area contributed by atoms with Gasteiger partial charge in [0.15, 0.2) is 10.6 Å². The third kappa shape index (κ3) is 7.26. The molecule has 0 spiro atoms. The number of nitrogens with one attached hydrogen (secondary N) is 2. The second-order valence-corrected chi connectivity index (χ2v) is 17.7. The average molecular weight is 732 g/mol. The van der Waals surface area contributed by atoms with Crippen LogP contribution < -0.4 is 10.6 Å². The van der Waals surface area contributed by atoms with Gasteiger partial charge in [-0.2, -0.15) is 0 Å². The fourth-order valence-electron chi connectivity index (χ4n) is 9.60. The number of carbonyl (C=O) groups is 1. The predicted molar refractivity (Wildman–Crippen MR) is 207 cm³/mol. The molecule has 3 atom stereocenters. The number of nitrogens with zero attached hydrogens (tertiary/aromatic N) is 1. The van der Waals surface area contributed by atoms with E-state index in [4.69, 9.17) is 14.5 Å². The highest BCUT2D eigenvalue weighted by Gasteiger charge is 2.51. The summed E-state index contributed by atoms with van der Waals surface area (Å²) in [5.41, 5.74) is 7.20. The van der Waals surface area contributed by atoms with Crippen molar-refractivity contribution < 1.29 is 19.4 Å². The van der Waals surface area contributed by atoms with Crippen LogP contribution in [0.15, 0.2) is 101 Å². The molecule has 0 radical (unpaired) electrons. The van der Waals surface area contributed by atoms with Gasteiger partial charge >= 0.3 is 6.03 Å². The maximum atomic E-state index is 13.3. The monoisotopic (exact) mass is 731 g/mol. The molecule has 1 aromatic heterocycles. The highest BCUT2D eigenvalue weighted by atomic mass is 32.2. The molecule has 1 saturated heterocycles. The van der Waals surface area contributed by atoms with E-state index >= 15 is 0 Å². The molecule has 1 aliphatic heterocycles. The number of carbonyl (C=O) groups excluding carboxylic acids is 1. The van der Waals surface area contributed by atoms with E-state index < -0.39 is 6.29 Å². The number of thioether (sulfide) groups is 1. The van der Waals surface area contributed by atoms with Gasteiger partial charge < -0.3 is 25.2 Å². The third-order valence-corrected chi connectivity index (χ3v) is 14.0. The predicted octanol–water partition coefficient (Wildman–Crippen LogP) is 9.56. The molecule has 3 N–H and O–H groups in total. The van der Waals surface area contributed by atoms with Crippen molar-refractivity contribution in [1.82, 2.24) is 15.6 Å². The van der Waals surface area contributed by atoms with Crippen LogP contribution in [-0.4, -0.2) is 33.5 Å². The molecule has 5 fully saturated rings. The Bertz CT molecular complexity index is 1960. The first kappa shape index (κ1) is 34.1. The first-order chi connectivity index (χ1) is 25.5. The summed E-state index contributed by atoms with van der Waals surface area (Å²) in [5, 5.41) is 16.3. The number of urea groups is 1. The van der Waals surface area contributed by atoms with Gasteiger partial charge in [0, 0.05) is 29.8 Å². The number of benzene rings is 4. The van der Waals surface area contributed by atoms with Crippen molar-refractivity contribution in [3.05, 3.63) is 119 Å². The van der Waals surface area contributed by atoms with Crippen LogP contribution in [0.25, 0.3) is 21.3 Å². The van der Waals surface area contributed by atoms with E-state index in [1.54, 1.807) is 23.1 Å². The van der Waals surface area contributed by atoms with Crippen LogP contribution >= 0.6 is 23.1 Å². The number of amides is 2. The smallest absolute Gasteiger partial charge is 0.315 e. The summed E-state index contributed by atoms with van der Waals surface area (Å²) >= 11 is 3.45. The van der Waals surface area contributed by atoms with Crippen LogP contribution in [0, 0.1) is 17.8 Å². The van der Waals surface area contributed by atoms with Gasteiger partial charge in [0.25, 0.3) is 0 Å². The Labute approximate surface area is 313 Å². The summed E-state index contributed by atoms with van der Waals surface area (Å²) in [6, 6.07) is 33.0. The summed E-state index contributed by atoms with van der Waals surface area (Å²) < 4.78 is 15.5. The van der Waals surface area contributed by atoms with Crippen molar-refractivity contribution in [2.24, 2.45) is 17.8 Å². The largest absolute Gasteiger partial charge is 0.392 e. The quantitative estimate of drug-likeness (QED) is 0.124. The van der Waals surface area contributed by atoms with Crippen LogP contribution in [0.5, 0.6) is 0 Å². The lowest BCUT2D eigenvalue weighted by atomic mass is 9.53. The SMILES string of the molecule is O=C(NCc1ccccc1-c1ccc([C@H]2O[C@@H](CSc3nc4ccccc4s3)C[C@@H](c3ccc(CO)cc3)O2)cc1)NC12CC3CC(CC(C3)C1)C2. The highest BCUT2D eigenvalue weighted by molar-refractivity contribution is 8.01. The number of fused-ring (bicyclic) bond motifs is 1. The van der Waals surface area contributed by atoms with Crippen LogP contribution in [0.2, 0.25) is 0 Å². The minimum atomic E-state index is -0.531. The molecular formula is C43H45N3O4S2. The van der Waals surface area contributed by atoms with Crippen molar-refractivity contribution >= 4 is 39.3 Å². The molecule has 10 rings (SSSR count). The van der Waals surface area contributed by atoms with Crippen molar-refractivity contribution in [2.45, 2.75) is 86.5 Å². The van der Waals surface area contributed by atoms with Gasteiger partial charge in [0.05, 0.1) is 29.0 Å².